The number of nitriles is 1. The Morgan fingerprint density at radius 1 is 1.47 bits per heavy atom. The molecule has 0 unspecified atom stereocenters. The van der Waals surface area contributed by atoms with Crippen LogP contribution in [0.15, 0.2) is 12.1 Å². The summed E-state index contributed by atoms with van der Waals surface area (Å²) in [4.78, 5) is 9.74. The van der Waals surface area contributed by atoms with Gasteiger partial charge in [-0.3, -0.25) is 10.1 Å². The summed E-state index contributed by atoms with van der Waals surface area (Å²) in [7, 11) is 0. The second-order valence-corrected chi connectivity index (χ2v) is 3.43. The molecule has 9 heteroatoms. The molecule has 1 aromatic carbocycles. The number of hydrogen-bond donors (Lipinski definition) is 2. The number of rotatable bonds is 4. The van der Waals surface area contributed by atoms with Crippen LogP contribution in [0.4, 0.5) is 24.5 Å². The van der Waals surface area contributed by atoms with Gasteiger partial charge < -0.3 is 10.4 Å². The number of nitro benzene ring substituents is 1. The molecule has 1 rings (SSSR count). The van der Waals surface area contributed by atoms with Gasteiger partial charge in [0, 0.05) is 12.6 Å². The van der Waals surface area contributed by atoms with E-state index in [9.17, 15) is 23.3 Å². The average molecular weight is 275 g/mol. The molecule has 0 amide bonds. The molecule has 0 aliphatic carbocycles. The molecule has 0 heterocycles. The lowest BCUT2D eigenvalue weighted by Gasteiger charge is -2.11. The lowest BCUT2D eigenvalue weighted by Crippen LogP contribution is -2.12. The fourth-order valence-electron chi connectivity index (χ4n) is 1.39. The quantitative estimate of drug-likeness (QED) is 0.645. The van der Waals surface area contributed by atoms with E-state index in [0.29, 0.717) is 12.1 Å². The van der Waals surface area contributed by atoms with Crippen molar-refractivity contribution in [3.63, 3.8) is 0 Å². The first kappa shape index (κ1) is 14.7. The number of aliphatic hydroxyl groups is 1. The molecule has 0 bridgehead atoms. The highest BCUT2D eigenvalue weighted by atomic mass is 19.4. The monoisotopic (exact) mass is 275 g/mol. The summed E-state index contributed by atoms with van der Waals surface area (Å²) in [6.07, 6.45) is -4.79. The molecule has 0 saturated heterocycles. The normalized spacial score (nSPS) is 10.9. The van der Waals surface area contributed by atoms with Crippen LogP contribution < -0.4 is 5.32 Å². The largest absolute Gasteiger partial charge is 0.416 e. The standard InChI is InChI=1S/C10H8F3N3O3/c11-10(12,13)7-3-6(5-14)9(15-1-2-17)8(4-7)16(18)19/h3-4,15,17H,1-2H2. The van der Waals surface area contributed by atoms with Crippen LogP contribution in [0.25, 0.3) is 0 Å². The molecule has 0 aromatic heterocycles. The Bertz CT molecular complexity index is 537. The number of alkyl halides is 3. The van der Waals surface area contributed by atoms with E-state index in [-0.39, 0.29) is 18.8 Å². The summed E-state index contributed by atoms with van der Waals surface area (Å²) in [6.45, 7) is -0.510. The van der Waals surface area contributed by atoms with E-state index in [1.165, 1.54) is 6.07 Å². The molecule has 2 N–H and O–H groups in total. The van der Waals surface area contributed by atoms with Crippen molar-refractivity contribution in [2.45, 2.75) is 6.18 Å². The molecule has 1 aromatic rings. The van der Waals surface area contributed by atoms with Gasteiger partial charge in [0.1, 0.15) is 11.8 Å². The molecule has 19 heavy (non-hydrogen) atoms. The third kappa shape index (κ3) is 3.32. The highest BCUT2D eigenvalue weighted by molar-refractivity contribution is 5.71. The van der Waals surface area contributed by atoms with Gasteiger partial charge in [-0.2, -0.15) is 18.4 Å². The van der Waals surface area contributed by atoms with Crippen molar-refractivity contribution in [3.8, 4) is 6.07 Å². The Hall–Kier alpha value is -2.34. The Balaban J connectivity index is 3.46. The first-order valence-electron chi connectivity index (χ1n) is 4.95. The molecule has 0 radical (unpaired) electrons. The molecule has 0 fully saturated rings. The number of halogens is 3. The van der Waals surface area contributed by atoms with E-state index < -0.39 is 27.9 Å². The van der Waals surface area contributed by atoms with Crippen LogP contribution in [-0.4, -0.2) is 23.2 Å². The zero-order chi connectivity index (χ0) is 14.6. The molecule has 0 aliphatic rings. The number of anilines is 1. The van der Waals surface area contributed by atoms with E-state index in [1.807, 2.05) is 0 Å². The second kappa shape index (κ2) is 5.53. The SMILES string of the molecule is N#Cc1cc(C(F)(F)F)cc([N+](=O)[O-])c1NCCO. The van der Waals surface area contributed by atoms with Crippen molar-refractivity contribution in [2.24, 2.45) is 0 Å². The van der Waals surface area contributed by atoms with Gasteiger partial charge in [-0.25, -0.2) is 0 Å². The third-order valence-corrected chi connectivity index (χ3v) is 2.18. The van der Waals surface area contributed by atoms with Gasteiger partial charge in [-0.05, 0) is 6.07 Å². The third-order valence-electron chi connectivity index (χ3n) is 2.18. The Kier molecular flexibility index (Phi) is 4.29. The first-order valence-corrected chi connectivity index (χ1v) is 4.95. The minimum Gasteiger partial charge on any atom is -0.395 e. The number of benzene rings is 1. The lowest BCUT2D eigenvalue weighted by atomic mass is 10.1. The van der Waals surface area contributed by atoms with Crippen molar-refractivity contribution in [2.75, 3.05) is 18.5 Å². The van der Waals surface area contributed by atoms with Crippen molar-refractivity contribution >= 4 is 11.4 Å². The summed E-state index contributed by atoms with van der Waals surface area (Å²) < 4.78 is 37.6. The predicted molar refractivity (Wildman–Crippen MR) is 58.4 cm³/mol. The minimum absolute atomic E-state index is 0.124. The number of nitrogens with zero attached hydrogens (tertiary/aromatic N) is 2. The van der Waals surface area contributed by atoms with Crippen LogP contribution in [0.2, 0.25) is 0 Å². The van der Waals surface area contributed by atoms with Crippen LogP contribution >= 0.6 is 0 Å². The summed E-state index contributed by atoms with van der Waals surface area (Å²) in [5.41, 5.74) is -2.98. The van der Waals surface area contributed by atoms with Gasteiger partial charge in [-0.15, -0.1) is 0 Å². The Morgan fingerprint density at radius 2 is 2.11 bits per heavy atom. The van der Waals surface area contributed by atoms with Crippen molar-refractivity contribution in [1.29, 1.82) is 5.26 Å². The fourth-order valence-corrected chi connectivity index (χ4v) is 1.39. The zero-order valence-corrected chi connectivity index (χ0v) is 9.36. The van der Waals surface area contributed by atoms with E-state index in [2.05, 4.69) is 5.32 Å². The van der Waals surface area contributed by atoms with Crippen molar-refractivity contribution in [3.05, 3.63) is 33.4 Å². The van der Waals surface area contributed by atoms with Gasteiger partial charge >= 0.3 is 6.18 Å². The topological polar surface area (TPSA) is 99.2 Å². The molecule has 6 nitrogen and oxygen atoms in total. The Labute approximate surface area is 105 Å². The summed E-state index contributed by atoms with van der Waals surface area (Å²) in [6, 6.07) is 2.33. The molecule has 0 saturated carbocycles. The number of nitrogens with one attached hydrogen (secondary N) is 1. The summed E-state index contributed by atoms with van der Waals surface area (Å²) >= 11 is 0. The van der Waals surface area contributed by atoms with Crippen LogP contribution in [0.1, 0.15) is 11.1 Å². The average Bonchev–Trinajstić information content (AvgIpc) is 2.33. The zero-order valence-electron chi connectivity index (χ0n) is 9.36. The van der Waals surface area contributed by atoms with Crippen LogP contribution in [0, 0.1) is 21.4 Å². The molecule has 102 valence electrons. The molecule has 0 aliphatic heterocycles. The van der Waals surface area contributed by atoms with E-state index >= 15 is 0 Å². The number of aliphatic hydroxyl groups excluding tert-OH is 1. The fraction of sp³-hybridized carbons (Fsp3) is 0.300. The van der Waals surface area contributed by atoms with E-state index in [0.717, 1.165) is 0 Å². The van der Waals surface area contributed by atoms with Crippen molar-refractivity contribution < 1.29 is 23.2 Å². The summed E-state index contributed by atoms with van der Waals surface area (Å²) in [5, 5.41) is 30.5. The summed E-state index contributed by atoms with van der Waals surface area (Å²) in [5.74, 6) is 0. The van der Waals surface area contributed by atoms with Crippen LogP contribution in [0.3, 0.4) is 0 Å². The molecule has 0 spiro atoms. The van der Waals surface area contributed by atoms with Crippen LogP contribution in [-0.2, 0) is 6.18 Å². The van der Waals surface area contributed by atoms with Gasteiger partial charge in [0.05, 0.1) is 22.7 Å². The maximum atomic E-state index is 12.5. The molecule has 0 atom stereocenters. The predicted octanol–water partition coefficient (Wildman–Crippen LogP) is 1.89. The highest BCUT2D eigenvalue weighted by Gasteiger charge is 2.34. The van der Waals surface area contributed by atoms with Gasteiger partial charge in [-0.1, -0.05) is 0 Å². The lowest BCUT2D eigenvalue weighted by molar-refractivity contribution is -0.384. The number of hydrogen-bond acceptors (Lipinski definition) is 5. The second-order valence-electron chi connectivity index (χ2n) is 3.43. The van der Waals surface area contributed by atoms with Crippen molar-refractivity contribution in [1.82, 2.24) is 0 Å². The van der Waals surface area contributed by atoms with Gasteiger partial charge in [0.25, 0.3) is 5.69 Å². The van der Waals surface area contributed by atoms with Gasteiger partial charge in [0.2, 0.25) is 0 Å². The maximum Gasteiger partial charge on any atom is 0.416 e. The first-order chi connectivity index (χ1) is 8.81. The van der Waals surface area contributed by atoms with E-state index in [4.69, 9.17) is 10.4 Å². The highest BCUT2D eigenvalue weighted by Crippen LogP contribution is 2.37. The maximum absolute atomic E-state index is 12.5. The van der Waals surface area contributed by atoms with E-state index in [1.54, 1.807) is 0 Å². The molecular formula is C10H8F3N3O3. The van der Waals surface area contributed by atoms with Gasteiger partial charge in [0.15, 0.2) is 0 Å². The number of nitro groups is 1. The smallest absolute Gasteiger partial charge is 0.395 e. The molecular weight excluding hydrogens is 267 g/mol. The van der Waals surface area contributed by atoms with Crippen LogP contribution in [0.5, 0.6) is 0 Å². The Morgan fingerprint density at radius 3 is 2.53 bits per heavy atom. The minimum atomic E-state index is -4.79.